The Bertz CT molecular complexity index is 1130. The lowest BCUT2D eigenvalue weighted by Gasteiger charge is -2.37. The molecule has 0 radical (unpaired) electrons. The fraction of sp³-hybridized carbons (Fsp3) is 0.316. The molecule has 10 heteroatoms. The highest BCUT2D eigenvalue weighted by molar-refractivity contribution is 7.89. The number of sulfonamides is 1. The number of piperidine rings is 1. The second kappa shape index (κ2) is 7.45. The van der Waals surface area contributed by atoms with Gasteiger partial charge in [0.25, 0.3) is 5.91 Å². The Morgan fingerprint density at radius 3 is 2.52 bits per heavy atom. The first-order valence-electron chi connectivity index (χ1n) is 9.27. The van der Waals surface area contributed by atoms with E-state index in [1.54, 1.807) is 11.2 Å². The Hall–Kier alpha value is -2.98. The average molecular weight is 414 g/mol. The summed E-state index contributed by atoms with van der Waals surface area (Å²) >= 11 is 0. The monoisotopic (exact) mass is 414 g/mol. The van der Waals surface area contributed by atoms with Crippen LogP contribution in [0.25, 0.3) is 11.0 Å². The fourth-order valence-corrected chi connectivity index (χ4v) is 4.25. The zero-order valence-electron chi connectivity index (χ0n) is 15.9. The van der Waals surface area contributed by atoms with Crippen LogP contribution >= 0.6 is 0 Å². The van der Waals surface area contributed by atoms with Crippen molar-refractivity contribution in [3.63, 3.8) is 0 Å². The molecule has 0 saturated carbocycles. The SMILES string of the molecule is CN(c1ncnc2[nH]ccc12)C1CCN(C(=O)c2ccc(S(N)(=O)=O)cc2)CC1. The number of amides is 1. The third-order valence-corrected chi connectivity index (χ3v) is 6.33. The van der Waals surface area contributed by atoms with Gasteiger partial charge in [-0.05, 0) is 43.2 Å². The van der Waals surface area contributed by atoms with Crippen LogP contribution in [0.2, 0.25) is 0 Å². The van der Waals surface area contributed by atoms with Crippen molar-refractivity contribution in [2.45, 2.75) is 23.8 Å². The van der Waals surface area contributed by atoms with E-state index in [2.05, 4.69) is 19.9 Å². The molecule has 3 N–H and O–H groups in total. The predicted octanol–water partition coefficient (Wildman–Crippen LogP) is 1.35. The van der Waals surface area contributed by atoms with Crippen molar-refractivity contribution in [1.29, 1.82) is 0 Å². The Kier molecular flexibility index (Phi) is 4.97. The van der Waals surface area contributed by atoms with Crippen LogP contribution in [0.3, 0.4) is 0 Å². The van der Waals surface area contributed by atoms with E-state index in [1.165, 1.54) is 24.3 Å². The molecule has 1 aliphatic rings. The third-order valence-electron chi connectivity index (χ3n) is 5.40. The summed E-state index contributed by atoms with van der Waals surface area (Å²) in [5, 5.41) is 6.08. The third kappa shape index (κ3) is 3.81. The summed E-state index contributed by atoms with van der Waals surface area (Å²) in [4.78, 5) is 28.5. The number of benzene rings is 1. The minimum atomic E-state index is -3.77. The summed E-state index contributed by atoms with van der Waals surface area (Å²) < 4.78 is 22.7. The topological polar surface area (TPSA) is 125 Å². The number of primary sulfonamides is 1. The fourth-order valence-electron chi connectivity index (χ4n) is 3.74. The second-order valence-corrected chi connectivity index (χ2v) is 8.70. The molecule has 0 unspecified atom stereocenters. The van der Waals surface area contributed by atoms with Crippen LogP contribution in [0.4, 0.5) is 5.82 Å². The van der Waals surface area contributed by atoms with Gasteiger partial charge in [0.1, 0.15) is 17.8 Å². The summed E-state index contributed by atoms with van der Waals surface area (Å²) in [7, 11) is -1.75. The van der Waals surface area contributed by atoms with Crippen LogP contribution in [0.15, 0.2) is 47.8 Å². The van der Waals surface area contributed by atoms with Crippen molar-refractivity contribution in [1.82, 2.24) is 19.9 Å². The minimum Gasteiger partial charge on any atom is -0.356 e. The van der Waals surface area contributed by atoms with Crippen LogP contribution in [-0.4, -0.2) is 60.4 Å². The quantitative estimate of drug-likeness (QED) is 0.664. The van der Waals surface area contributed by atoms with Gasteiger partial charge in [-0.15, -0.1) is 0 Å². The summed E-state index contributed by atoms with van der Waals surface area (Å²) in [6.07, 6.45) is 5.02. The maximum Gasteiger partial charge on any atom is 0.253 e. The number of likely N-dealkylation sites (tertiary alicyclic amines) is 1. The lowest BCUT2D eigenvalue weighted by molar-refractivity contribution is 0.0713. The first-order valence-corrected chi connectivity index (χ1v) is 10.8. The van der Waals surface area contributed by atoms with Gasteiger partial charge in [-0.2, -0.15) is 0 Å². The Morgan fingerprint density at radius 2 is 1.86 bits per heavy atom. The van der Waals surface area contributed by atoms with Crippen LogP contribution in [0.1, 0.15) is 23.2 Å². The van der Waals surface area contributed by atoms with Crippen LogP contribution < -0.4 is 10.0 Å². The zero-order chi connectivity index (χ0) is 20.6. The Balaban J connectivity index is 1.42. The highest BCUT2D eigenvalue weighted by Crippen LogP contribution is 2.26. The van der Waals surface area contributed by atoms with Crippen molar-refractivity contribution in [3.8, 4) is 0 Å². The molecular formula is C19H22N6O3S. The van der Waals surface area contributed by atoms with Gasteiger partial charge in [-0.3, -0.25) is 4.79 Å². The molecule has 1 saturated heterocycles. The number of hydrogen-bond donors (Lipinski definition) is 2. The van der Waals surface area contributed by atoms with E-state index in [1.807, 2.05) is 19.3 Å². The van der Waals surface area contributed by atoms with Crippen molar-refractivity contribution >= 4 is 32.8 Å². The molecule has 0 spiro atoms. The average Bonchev–Trinajstić information content (AvgIpc) is 3.21. The van der Waals surface area contributed by atoms with Gasteiger partial charge in [-0.25, -0.2) is 23.5 Å². The lowest BCUT2D eigenvalue weighted by atomic mass is 10.0. The summed E-state index contributed by atoms with van der Waals surface area (Å²) in [5.41, 5.74) is 1.26. The van der Waals surface area contributed by atoms with Gasteiger partial charge in [0.15, 0.2) is 0 Å². The van der Waals surface area contributed by atoms with Crippen LogP contribution in [0, 0.1) is 0 Å². The number of nitrogens with one attached hydrogen (secondary N) is 1. The summed E-state index contributed by atoms with van der Waals surface area (Å²) in [6, 6.07) is 7.95. The van der Waals surface area contributed by atoms with Crippen molar-refractivity contribution in [2.75, 3.05) is 25.0 Å². The van der Waals surface area contributed by atoms with E-state index in [9.17, 15) is 13.2 Å². The number of nitrogens with two attached hydrogens (primary N) is 1. The molecule has 0 bridgehead atoms. The molecule has 0 aliphatic carbocycles. The first kappa shape index (κ1) is 19.3. The molecule has 1 aliphatic heterocycles. The molecule has 3 aromatic rings. The molecule has 0 atom stereocenters. The molecule has 1 fully saturated rings. The lowest BCUT2D eigenvalue weighted by Crippen LogP contribution is -2.46. The van der Waals surface area contributed by atoms with Gasteiger partial charge >= 0.3 is 0 Å². The molecule has 9 nitrogen and oxygen atoms in total. The molecule has 152 valence electrons. The molecule has 2 aromatic heterocycles. The standard InChI is InChI=1S/C19H22N6O3S/c1-24(18-16-6-9-21-17(16)22-12-23-18)14-7-10-25(11-8-14)19(26)13-2-4-15(5-3-13)29(20,27)28/h2-6,9,12,14H,7-8,10-11H2,1H3,(H2,20,27,28)(H,21,22,23). The number of fused-ring (bicyclic) bond motifs is 1. The Morgan fingerprint density at radius 1 is 1.17 bits per heavy atom. The predicted molar refractivity (Wildman–Crippen MR) is 109 cm³/mol. The van der Waals surface area contributed by atoms with Gasteiger partial charge in [-0.1, -0.05) is 0 Å². The molecule has 29 heavy (non-hydrogen) atoms. The first-order chi connectivity index (χ1) is 13.8. The number of aromatic amines is 1. The molecule has 3 heterocycles. The summed E-state index contributed by atoms with van der Waals surface area (Å²) in [5.74, 6) is 0.766. The highest BCUT2D eigenvalue weighted by atomic mass is 32.2. The molecule has 4 rings (SSSR count). The number of carbonyl (C=O) groups is 1. The van der Waals surface area contributed by atoms with Crippen molar-refractivity contribution in [2.24, 2.45) is 5.14 Å². The van der Waals surface area contributed by atoms with E-state index in [0.29, 0.717) is 18.7 Å². The summed E-state index contributed by atoms with van der Waals surface area (Å²) in [6.45, 7) is 1.23. The van der Waals surface area contributed by atoms with Gasteiger partial charge < -0.3 is 14.8 Å². The van der Waals surface area contributed by atoms with Crippen LogP contribution in [0.5, 0.6) is 0 Å². The number of anilines is 1. The van der Waals surface area contributed by atoms with Gasteiger partial charge in [0.2, 0.25) is 10.0 Å². The number of aromatic nitrogens is 3. The van der Waals surface area contributed by atoms with Gasteiger partial charge in [0.05, 0.1) is 10.3 Å². The largest absolute Gasteiger partial charge is 0.356 e. The highest BCUT2D eigenvalue weighted by Gasteiger charge is 2.27. The second-order valence-electron chi connectivity index (χ2n) is 7.14. The van der Waals surface area contributed by atoms with Crippen molar-refractivity contribution in [3.05, 3.63) is 48.4 Å². The van der Waals surface area contributed by atoms with Gasteiger partial charge in [0, 0.05) is 37.9 Å². The minimum absolute atomic E-state index is 0.00435. The van der Waals surface area contributed by atoms with E-state index < -0.39 is 10.0 Å². The van der Waals surface area contributed by atoms with E-state index in [4.69, 9.17) is 5.14 Å². The van der Waals surface area contributed by atoms with E-state index >= 15 is 0 Å². The Labute approximate surface area is 168 Å². The zero-order valence-corrected chi connectivity index (χ0v) is 16.8. The maximum absolute atomic E-state index is 12.8. The van der Waals surface area contributed by atoms with E-state index in [0.717, 1.165) is 29.7 Å². The molecular weight excluding hydrogens is 392 g/mol. The number of hydrogen-bond acceptors (Lipinski definition) is 6. The maximum atomic E-state index is 12.8. The molecule has 1 amide bonds. The number of rotatable bonds is 4. The molecule has 1 aromatic carbocycles. The smallest absolute Gasteiger partial charge is 0.253 e. The van der Waals surface area contributed by atoms with E-state index in [-0.39, 0.29) is 16.8 Å². The number of nitrogens with zero attached hydrogens (tertiary/aromatic N) is 4. The van der Waals surface area contributed by atoms with Crippen molar-refractivity contribution < 1.29 is 13.2 Å². The van der Waals surface area contributed by atoms with Crippen LogP contribution in [-0.2, 0) is 10.0 Å². The normalized spacial score (nSPS) is 15.6. The number of carbonyl (C=O) groups excluding carboxylic acids is 1. The number of H-pyrrole nitrogens is 1.